The average Bonchev–Trinajstić information content (AvgIpc) is 1.69. The van der Waals surface area contributed by atoms with Crippen molar-refractivity contribution in [1.29, 1.82) is 0 Å². The van der Waals surface area contributed by atoms with Crippen molar-refractivity contribution < 1.29 is 0 Å². The van der Waals surface area contributed by atoms with Gasteiger partial charge in [-0.25, -0.2) is 0 Å². The van der Waals surface area contributed by atoms with Crippen molar-refractivity contribution in [3.8, 4) is 11.8 Å². The van der Waals surface area contributed by atoms with Crippen LogP contribution in [0.15, 0.2) is 0 Å². The molecular weight excluding hydrogens is 104 g/mol. The summed E-state index contributed by atoms with van der Waals surface area (Å²) in [5.41, 5.74) is 0. The van der Waals surface area contributed by atoms with Crippen LogP contribution in [0.25, 0.3) is 0 Å². The normalized spacial score (nSPS) is 7.14. The zero-order valence-corrected chi connectivity index (χ0v) is 5.35. The lowest BCUT2D eigenvalue weighted by Crippen LogP contribution is -1.62. The van der Waals surface area contributed by atoms with Crippen molar-refractivity contribution in [3.05, 3.63) is 0 Å². The van der Waals surface area contributed by atoms with Gasteiger partial charge >= 0.3 is 0 Å². The Morgan fingerprint density at radius 1 is 1.43 bits per heavy atom. The zero-order valence-electron chi connectivity index (χ0n) is 4.53. The number of unbranched alkanes of at least 4 members (excludes halogenated alkanes) is 1. The van der Waals surface area contributed by atoms with E-state index in [9.17, 15) is 0 Å². The largest absolute Gasteiger partial charge is 0.102 e. The quantitative estimate of drug-likeness (QED) is 0.456. The van der Waals surface area contributed by atoms with Crippen LogP contribution in [0.1, 0.15) is 19.8 Å². The highest BCUT2D eigenvalue weighted by Crippen LogP contribution is 1.80. The van der Waals surface area contributed by atoms with E-state index >= 15 is 0 Å². The molecule has 0 saturated heterocycles. The van der Waals surface area contributed by atoms with Gasteiger partial charge in [0.25, 0.3) is 0 Å². The van der Waals surface area contributed by atoms with Gasteiger partial charge in [0.1, 0.15) is 0 Å². The highest BCUT2D eigenvalue weighted by Gasteiger charge is 1.66. The van der Waals surface area contributed by atoms with Gasteiger partial charge in [-0.2, -0.15) is 0 Å². The van der Waals surface area contributed by atoms with Crippen LogP contribution in [0.2, 0.25) is 0 Å². The summed E-state index contributed by atoms with van der Waals surface area (Å²) in [5, 5.41) is 0. The van der Waals surface area contributed by atoms with Crippen molar-refractivity contribution in [2.24, 2.45) is 0 Å². The molecule has 0 aliphatic carbocycles. The lowest BCUT2D eigenvalue weighted by Gasteiger charge is -1.73. The van der Waals surface area contributed by atoms with E-state index in [1.165, 1.54) is 0 Å². The smallest absolute Gasteiger partial charge is 0.0651 e. The predicted molar refractivity (Wildman–Crippen MR) is 35.1 cm³/mol. The van der Waals surface area contributed by atoms with Crippen LogP contribution >= 0.6 is 12.6 Å². The molecule has 0 aromatic heterocycles. The van der Waals surface area contributed by atoms with E-state index in [2.05, 4.69) is 31.4 Å². The van der Waals surface area contributed by atoms with Crippen LogP contribution < -0.4 is 0 Å². The van der Waals surface area contributed by atoms with E-state index in [-0.39, 0.29) is 0 Å². The van der Waals surface area contributed by atoms with Gasteiger partial charge < -0.3 is 0 Å². The Hall–Kier alpha value is -0.0900. The van der Waals surface area contributed by atoms with Crippen molar-refractivity contribution >= 4 is 12.6 Å². The Kier molecular flexibility index (Phi) is 5.83. The molecule has 0 unspecified atom stereocenters. The van der Waals surface area contributed by atoms with Crippen LogP contribution in [0.4, 0.5) is 0 Å². The summed E-state index contributed by atoms with van der Waals surface area (Å²) >= 11 is 4.59. The first-order valence-corrected chi connectivity index (χ1v) is 3.03. The maximum Gasteiger partial charge on any atom is 0.0651 e. The van der Waals surface area contributed by atoms with E-state index in [1.807, 2.05) is 0 Å². The molecule has 0 aromatic rings. The lowest BCUT2D eigenvalue weighted by molar-refractivity contribution is 0.983. The lowest BCUT2D eigenvalue weighted by atomic mass is 10.3. The molecule has 0 saturated carbocycles. The molecule has 0 rings (SSSR count). The summed E-state index contributed by atoms with van der Waals surface area (Å²) in [4.78, 5) is 0. The monoisotopic (exact) mass is 113 g/mol. The van der Waals surface area contributed by atoms with Gasteiger partial charge in [0.2, 0.25) is 0 Å². The summed E-state index contributed by atoms with van der Waals surface area (Å²) < 4.78 is 0. The standard InChI is InChI=1S/C6H9S/c1-2-3-4-5-6-7/h2-3,6H2,1H3. The molecule has 1 radical (unpaired) electrons. The van der Waals surface area contributed by atoms with Gasteiger partial charge in [0.15, 0.2) is 0 Å². The molecular formula is C6H9S. The molecule has 0 fully saturated rings. The topological polar surface area (TPSA) is 0 Å². The van der Waals surface area contributed by atoms with E-state index < -0.39 is 0 Å². The molecule has 7 heavy (non-hydrogen) atoms. The predicted octanol–water partition coefficient (Wildman–Crippen LogP) is 1.99. The molecule has 0 aromatic carbocycles. The average molecular weight is 113 g/mol. The molecule has 0 heterocycles. The minimum atomic E-state index is 0.583. The van der Waals surface area contributed by atoms with Crippen LogP contribution in [-0.4, -0.2) is 5.75 Å². The Labute approximate surface area is 50.7 Å². The molecule has 39 valence electrons. The number of rotatable bonds is 1. The molecule has 0 N–H and O–H groups in total. The third-order valence-electron chi connectivity index (χ3n) is 0.572. The maximum absolute atomic E-state index is 4.59. The fraction of sp³-hybridized carbons (Fsp3) is 0.667. The summed E-state index contributed by atoms with van der Waals surface area (Å²) in [6, 6.07) is 0. The summed E-state index contributed by atoms with van der Waals surface area (Å²) in [5.74, 6) is 6.33. The maximum atomic E-state index is 4.59. The van der Waals surface area contributed by atoms with Gasteiger partial charge in [-0.15, -0.1) is 5.92 Å². The SMILES string of the molecule is CCCC#CC[S]. The fourth-order valence-corrected chi connectivity index (χ4v) is 0.366. The summed E-state index contributed by atoms with van der Waals surface area (Å²) in [7, 11) is 0. The Balaban J connectivity index is 2.91. The third kappa shape index (κ3) is 5.91. The number of hydrogen-bond donors (Lipinski definition) is 0. The van der Waals surface area contributed by atoms with E-state index in [0.29, 0.717) is 5.75 Å². The van der Waals surface area contributed by atoms with Gasteiger partial charge in [-0.05, 0) is 6.42 Å². The first-order valence-electron chi connectivity index (χ1n) is 2.45. The molecule has 1 heteroatoms. The van der Waals surface area contributed by atoms with Crippen LogP contribution in [-0.2, 0) is 0 Å². The Morgan fingerprint density at radius 3 is 2.57 bits per heavy atom. The Bertz CT molecular complexity index is 75.9. The summed E-state index contributed by atoms with van der Waals surface area (Å²) in [6.45, 7) is 2.11. The highest BCUT2D eigenvalue weighted by atomic mass is 32.1. The van der Waals surface area contributed by atoms with Gasteiger partial charge in [-0.1, -0.05) is 25.5 Å². The molecule has 0 spiro atoms. The Morgan fingerprint density at radius 2 is 2.14 bits per heavy atom. The van der Waals surface area contributed by atoms with Crippen LogP contribution in [0.3, 0.4) is 0 Å². The van der Waals surface area contributed by atoms with Crippen molar-refractivity contribution in [3.63, 3.8) is 0 Å². The van der Waals surface area contributed by atoms with Gasteiger partial charge in [-0.3, -0.25) is 0 Å². The van der Waals surface area contributed by atoms with E-state index in [4.69, 9.17) is 0 Å². The molecule has 0 aliphatic rings. The molecule has 0 aliphatic heterocycles. The minimum absolute atomic E-state index is 0.583. The third-order valence-corrected chi connectivity index (χ3v) is 0.717. The zero-order chi connectivity index (χ0) is 5.54. The summed E-state index contributed by atoms with van der Waals surface area (Å²) in [6.07, 6.45) is 2.14. The van der Waals surface area contributed by atoms with Crippen molar-refractivity contribution in [2.45, 2.75) is 19.8 Å². The fourth-order valence-electron chi connectivity index (χ4n) is 0.264. The molecule has 0 bridgehead atoms. The van der Waals surface area contributed by atoms with Crippen molar-refractivity contribution in [2.75, 3.05) is 5.75 Å². The minimum Gasteiger partial charge on any atom is -0.102 e. The second-order valence-electron chi connectivity index (χ2n) is 1.25. The first-order chi connectivity index (χ1) is 3.41. The van der Waals surface area contributed by atoms with Gasteiger partial charge in [0, 0.05) is 6.42 Å². The first kappa shape index (κ1) is 6.91. The molecule has 0 atom stereocenters. The second-order valence-corrected chi connectivity index (χ2v) is 1.54. The number of hydrogen-bond acceptors (Lipinski definition) is 0. The molecule has 0 amide bonds. The second kappa shape index (κ2) is 5.91. The van der Waals surface area contributed by atoms with Crippen molar-refractivity contribution in [1.82, 2.24) is 0 Å². The highest BCUT2D eigenvalue weighted by molar-refractivity contribution is 7.80. The van der Waals surface area contributed by atoms with Crippen LogP contribution in [0, 0.1) is 11.8 Å². The van der Waals surface area contributed by atoms with Crippen LogP contribution in [0.5, 0.6) is 0 Å². The van der Waals surface area contributed by atoms with E-state index in [0.717, 1.165) is 12.8 Å². The van der Waals surface area contributed by atoms with E-state index in [1.54, 1.807) is 0 Å². The molecule has 0 nitrogen and oxygen atoms in total. The van der Waals surface area contributed by atoms with Gasteiger partial charge in [0.05, 0.1) is 5.75 Å².